The maximum atomic E-state index is 12.0. The molecule has 1 amide bonds. The molecule has 23 heavy (non-hydrogen) atoms. The van der Waals surface area contributed by atoms with Crippen LogP contribution in [0.3, 0.4) is 0 Å². The average molecular weight is 313 g/mol. The van der Waals surface area contributed by atoms with Crippen LogP contribution in [0.2, 0.25) is 0 Å². The Morgan fingerprint density at radius 3 is 2.43 bits per heavy atom. The first-order chi connectivity index (χ1) is 10.9. The van der Waals surface area contributed by atoms with Gasteiger partial charge < -0.3 is 15.0 Å². The molecule has 0 aromatic heterocycles. The summed E-state index contributed by atoms with van der Waals surface area (Å²) in [5, 5.41) is 12.4. The molecule has 3 rings (SSSR count). The van der Waals surface area contributed by atoms with Crippen molar-refractivity contribution in [2.24, 2.45) is 11.8 Å². The number of fused-ring (bicyclic) bond motifs is 1. The molecule has 1 aliphatic heterocycles. The molecule has 2 atom stereocenters. The van der Waals surface area contributed by atoms with E-state index in [1.165, 1.54) is 5.56 Å². The SMILES string of the molecule is CC(C)(C)OC(=O)N1CC2C(C1)C2NCc1ccc(C#N)cc1. The molecule has 1 N–H and O–H groups in total. The molecule has 1 saturated heterocycles. The van der Waals surface area contributed by atoms with Gasteiger partial charge in [0.15, 0.2) is 0 Å². The van der Waals surface area contributed by atoms with E-state index in [1.807, 2.05) is 49.9 Å². The maximum absolute atomic E-state index is 12.0. The van der Waals surface area contributed by atoms with E-state index < -0.39 is 5.60 Å². The highest BCUT2D eigenvalue weighted by Gasteiger charge is 2.56. The number of hydrogen-bond acceptors (Lipinski definition) is 4. The number of nitriles is 1. The van der Waals surface area contributed by atoms with Crippen molar-refractivity contribution >= 4 is 6.09 Å². The van der Waals surface area contributed by atoms with Gasteiger partial charge in [-0.2, -0.15) is 5.26 Å². The van der Waals surface area contributed by atoms with Crippen LogP contribution in [0.4, 0.5) is 4.79 Å². The number of carbonyl (C=O) groups excluding carboxylic acids is 1. The van der Waals surface area contributed by atoms with Crippen molar-refractivity contribution < 1.29 is 9.53 Å². The number of benzene rings is 1. The van der Waals surface area contributed by atoms with Crippen molar-refractivity contribution in [2.45, 2.75) is 39.0 Å². The third kappa shape index (κ3) is 3.65. The Morgan fingerprint density at radius 1 is 1.30 bits per heavy atom. The summed E-state index contributed by atoms with van der Waals surface area (Å²) < 4.78 is 5.42. The number of nitrogens with zero attached hydrogens (tertiary/aromatic N) is 2. The third-order valence-electron chi connectivity index (χ3n) is 4.47. The van der Waals surface area contributed by atoms with E-state index in [0.717, 1.165) is 19.6 Å². The van der Waals surface area contributed by atoms with Gasteiger partial charge in [-0.25, -0.2) is 4.79 Å². The molecule has 2 unspecified atom stereocenters. The van der Waals surface area contributed by atoms with Crippen LogP contribution in [-0.4, -0.2) is 35.7 Å². The van der Waals surface area contributed by atoms with Gasteiger partial charge in [0.25, 0.3) is 0 Å². The van der Waals surface area contributed by atoms with E-state index >= 15 is 0 Å². The molecule has 0 bridgehead atoms. The van der Waals surface area contributed by atoms with Crippen molar-refractivity contribution in [3.8, 4) is 6.07 Å². The number of likely N-dealkylation sites (tertiary alicyclic amines) is 1. The van der Waals surface area contributed by atoms with E-state index in [2.05, 4.69) is 11.4 Å². The van der Waals surface area contributed by atoms with Gasteiger partial charge in [0, 0.05) is 25.7 Å². The van der Waals surface area contributed by atoms with Crippen molar-refractivity contribution in [1.82, 2.24) is 10.2 Å². The molecule has 5 nitrogen and oxygen atoms in total. The summed E-state index contributed by atoms with van der Waals surface area (Å²) in [5.41, 5.74) is 1.43. The lowest BCUT2D eigenvalue weighted by Crippen LogP contribution is -2.39. The molecular weight excluding hydrogens is 290 g/mol. The summed E-state index contributed by atoms with van der Waals surface area (Å²) in [4.78, 5) is 13.9. The Kier molecular flexibility index (Phi) is 4.03. The predicted molar refractivity (Wildman–Crippen MR) is 86.6 cm³/mol. The zero-order valence-electron chi connectivity index (χ0n) is 13.9. The Hall–Kier alpha value is -2.06. The second-order valence-electron chi connectivity index (χ2n) is 7.43. The highest BCUT2D eigenvalue weighted by atomic mass is 16.6. The van der Waals surface area contributed by atoms with Gasteiger partial charge in [-0.15, -0.1) is 0 Å². The van der Waals surface area contributed by atoms with Crippen LogP contribution in [0.1, 0.15) is 31.9 Å². The molecule has 0 spiro atoms. The molecule has 1 aliphatic carbocycles. The van der Waals surface area contributed by atoms with Crippen molar-refractivity contribution in [1.29, 1.82) is 5.26 Å². The lowest BCUT2D eigenvalue weighted by atomic mass is 10.1. The van der Waals surface area contributed by atoms with Crippen LogP contribution in [0.15, 0.2) is 24.3 Å². The van der Waals surface area contributed by atoms with Gasteiger partial charge in [-0.1, -0.05) is 12.1 Å². The fourth-order valence-corrected chi connectivity index (χ4v) is 3.24. The fourth-order valence-electron chi connectivity index (χ4n) is 3.24. The molecule has 0 radical (unpaired) electrons. The smallest absolute Gasteiger partial charge is 0.410 e. The summed E-state index contributed by atoms with van der Waals surface area (Å²) in [7, 11) is 0. The van der Waals surface area contributed by atoms with Crippen molar-refractivity contribution in [3.63, 3.8) is 0 Å². The number of nitrogens with one attached hydrogen (secondary N) is 1. The molecule has 2 aliphatic rings. The van der Waals surface area contributed by atoms with E-state index in [0.29, 0.717) is 23.4 Å². The first-order valence-corrected chi connectivity index (χ1v) is 8.08. The number of carbonyl (C=O) groups is 1. The number of ether oxygens (including phenoxy) is 1. The highest BCUT2D eigenvalue weighted by Crippen LogP contribution is 2.45. The van der Waals surface area contributed by atoms with Crippen molar-refractivity contribution in [2.75, 3.05) is 13.1 Å². The topological polar surface area (TPSA) is 65.4 Å². The molecule has 1 aromatic rings. The van der Waals surface area contributed by atoms with Crippen molar-refractivity contribution in [3.05, 3.63) is 35.4 Å². The number of hydrogen-bond donors (Lipinski definition) is 1. The van der Waals surface area contributed by atoms with E-state index in [-0.39, 0.29) is 6.09 Å². The van der Waals surface area contributed by atoms with Gasteiger partial charge >= 0.3 is 6.09 Å². The molecule has 5 heteroatoms. The van der Waals surface area contributed by atoms with Crippen LogP contribution in [0, 0.1) is 23.2 Å². The Morgan fingerprint density at radius 2 is 1.91 bits per heavy atom. The monoisotopic (exact) mass is 313 g/mol. The minimum atomic E-state index is -0.433. The fraction of sp³-hybridized carbons (Fsp3) is 0.556. The number of amides is 1. The quantitative estimate of drug-likeness (QED) is 0.931. The average Bonchev–Trinajstić information content (AvgIpc) is 2.93. The zero-order valence-corrected chi connectivity index (χ0v) is 13.9. The normalized spacial score (nSPS) is 25.7. The second kappa shape index (κ2) is 5.86. The van der Waals surface area contributed by atoms with Gasteiger partial charge in [0.05, 0.1) is 11.6 Å². The lowest BCUT2D eigenvalue weighted by molar-refractivity contribution is 0.0269. The van der Waals surface area contributed by atoms with Gasteiger partial charge in [0.2, 0.25) is 0 Å². The first-order valence-electron chi connectivity index (χ1n) is 8.08. The molecule has 1 heterocycles. The van der Waals surface area contributed by atoms with Crippen LogP contribution in [0.5, 0.6) is 0 Å². The van der Waals surface area contributed by atoms with E-state index in [1.54, 1.807) is 0 Å². The molecule has 1 aromatic carbocycles. The summed E-state index contributed by atoms with van der Waals surface area (Å²) >= 11 is 0. The largest absolute Gasteiger partial charge is 0.444 e. The van der Waals surface area contributed by atoms with E-state index in [4.69, 9.17) is 10.00 Å². The lowest BCUT2D eigenvalue weighted by Gasteiger charge is -2.26. The predicted octanol–water partition coefficient (Wildman–Crippen LogP) is 2.51. The van der Waals surface area contributed by atoms with E-state index in [9.17, 15) is 4.79 Å². The minimum absolute atomic E-state index is 0.199. The molecular formula is C18H23N3O2. The number of piperidine rings is 1. The summed E-state index contributed by atoms with van der Waals surface area (Å²) in [6, 6.07) is 10.3. The maximum Gasteiger partial charge on any atom is 0.410 e. The molecule has 2 fully saturated rings. The minimum Gasteiger partial charge on any atom is -0.444 e. The Bertz CT molecular complexity index is 615. The summed E-state index contributed by atoms with van der Waals surface area (Å²) in [6.07, 6.45) is -0.199. The Labute approximate surface area is 137 Å². The standard InChI is InChI=1S/C18H23N3O2/c1-18(2,3)23-17(22)21-10-14-15(11-21)16(14)20-9-13-6-4-12(8-19)5-7-13/h4-7,14-16,20H,9-11H2,1-3H3. The Balaban J connectivity index is 1.43. The molecule has 1 saturated carbocycles. The number of rotatable bonds is 3. The molecule has 122 valence electrons. The third-order valence-corrected chi connectivity index (χ3v) is 4.47. The van der Waals surface area contributed by atoms with Crippen LogP contribution < -0.4 is 5.32 Å². The highest BCUT2D eigenvalue weighted by molar-refractivity contribution is 5.69. The first kappa shape index (κ1) is 15.8. The van der Waals surface area contributed by atoms with Crippen LogP contribution >= 0.6 is 0 Å². The summed E-state index contributed by atoms with van der Waals surface area (Å²) in [5.74, 6) is 1.09. The van der Waals surface area contributed by atoms with Crippen LogP contribution in [-0.2, 0) is 11.3 Å². The second-order valence-corrected chi connectivity index (χ2v) is 7.43. The zero-order chi connectivity index (χ0) is 16.6. The van der Waals surface area contributed by atoms with Gasteiger partial charge in [-0.05, 0) is 50.3 Å². The van der Waals surface area contributed by atoms with Crippen LogP contribution in [0.25, 0.3) is 0 Å². The van der Waals surface area contributed by atoms with Gasteiger partial charge in [-0.3, -0.25) is 0 Å². The summed E-state index contributed by atoms with van der Waals surface area (Å²) in [6.45, 7) is 8.04. The van der Waals surface area contributed by atoms with Gasteiger partial charge in [0.1, 0.15) is 5.60 Å².